The molecular formula is C10H15ClO3. The van der Waals surface area contributed by atoms with Gasteiger partial charge in [-0.2, -0.15) is 0 Å². The van der Waals surface area contributed by atoms with Crippen molar-refractivity contribution in [2.24, 2.45) is 5.92 Å². The molecule has 0 N–H and O–H groups in total. The lowest BCUT2D eigenvalue weighted by molar-refractivity contribution is -0.153. The van der Waals surface area contributed by atoms with Crippen LogP contribution in [0.5, 0.6) is 0 Å². The first kappa shape index (κ1) is 11.7. The summed E-state index contributed by atoms with van der Waals surface area (Å²) in [6.07, 6.45) is 0.689. The summed E-state index contributed by atoms with van der Waals surface area (Å²) < 4.78 is 11.0. The number of hydrogen-bond donors (Lipinski definition) is 0. The number of carbonyl (C=O) groups excluding carboxylic acids is 1. The van der Waals surface area contributed by atoms with Gasteiger partial charge in [0.25, 0.3) is 5.24 Å². The molecule has 1 aliphatic heterocycles. The molecule has 14 heavy (non-hydrogen) atoms. The minimum atomic E-state index is -0.753. The van der Waals surface area contributed by atoms with Gasteiger partial charge in [0.15, 0.2) is 11.9 Å². The van der Waals surface area contributed by atoms with Crippen LogP contribution < -0.4 is 0 Å². The number of ether oxygens (including phenoxy) is 2. The van der Waals surface area contributed by atoms with Gasteiger partial charge < -0.3 is 9.47 Å². The van der Waals surface area contributed by atoms with Crippen molar-refractivity contribution < 1.29 is 14.3 Å². The van der Waals surface area contributed by atoms with Crippen molar-refractivity contribution in [2.45, 2.75) is 38.8 Å². The van der Waals surface area contributed by atoms with Crippen LogP contribution in [0.25, 0.3) is 0 Å². The van der Waals surface area contributed by atoms with Crippen molar-refractivity contribution in [3.63, 3.8) is 0 Å². The van der Waals surface area contributed by atoms with Crippen molar-refractivity contribution in [3.8, 4) is 0 Å². The molecule has 1 saturated heterocycles. The van der Waals surface area contributed by atoms with Crippen LogP contribution in [0.1, 0.15) is 20.8 Å². The first-order valence-corrected chi connectivity index (χ1v) is 4.92. The van der Waals surface area contributed by atoms with E-state index in [1.165, 1.54) is 0 Å². The molecule has 3 nitrogen and oxygen atoms in total. The number of rotatable bonds is 3. The molecule has 0 unspecified atom stereocenters. The Morgan fingerprint density at radius 1 is 1.57 bits per heavy atom. The van der Waals surface area contributed by atoms with Crippen LogP contribution in [0, 0.1) is 5.92 Å². The van der Waals surface area contributed by atoms with Gasteiger partial charge in [0, 0.05) is 5.92 Å². The maximum absolute atomic E-state index is 11.1. The summed E-state index contributed by atoms with van der Waals surface area (Å²) in [6, 6.07) is 0. The van der Waals surface area contributed by atoms with Crippen LogP contribution in [-0.4, -0.2) is 23.2 Å². The van der Waals surface area contributed by atoms with E-state index < -0.39 is 17.1 Å². The molecule has 4 heteroatoms. The second kappa shape index (κ2) is 4.01. The highest BCUT2D eigenvalue weighted by Crippen LogP contribution is 2.33. The molecule has 0 spiro atoms. The van der Waals surface area contributed by atoms with E-state index in [1.807, 2.05) is 6.92 Å². The molecule has 1 heterocycles. The first-order valence-electron chi connectivity index (χ1n) is 4.55. The Hall–Kier alpha value is -0.380. The zero-order valence-electron chi connectivity index (χ0n) is 8.62. The largest absolute Gasteiger partial charge is 0.343 e. The molecule has 0 saturated carbocycles. The molecule has 1 aliphatic rings. The van der Waals surface area contributed by atoms with Gasteiger partial charge in [-0.15, -0.1) is 6.58 Å². The van der Waals surface area contributed by atoms with Crippen LogP contribution >= 0.6 is 11.6 Å². The molecule has 3 atom stereocenters. The van der Waals surface area contributed by atoms with E-state index >= 15 is 0 Å². The predicted molar refractivity (Wildman–Crippen MR) is 54.0 cm³/mol. The monoisotopic (exact) mass is 218 g/mol. The average molecular weight is 219 g/mol. The second-order valence-corrected chi connectivity index (χ2v) is 4.29. The van der Waals surface area contributed by atoms with Gasteiger partial charge >= 0.3 is 0 Å². The van der Waals surface area contributed by atoms with Gasteiger partial charge in [0.05, 0.1) is 0 Å². The SMILES string of the molecule is C=C[C@@H](C)[C@H]1OC(C)(C)O[C@@H]1C(=O)Cl. The van der Waals surface area contributed by atoms with Crippen molar-refractivity contribution >= 4 is 16.8 Å². The highest BCUT2D eigenvalue weighted by Gasteiger charge is 2.46. The molecule has 0 radical (unpaired) electrons. The van der Waals surface area contributed by atoms with E-state index in [4.69, 9.17) is 21.1 Å². The fourth-order valence-electron chi connectivity index (χ4n) is 1.48. The zero-order chi connectivity index (χ0) is 10.9. The molecular weight excluding hydrogens is 204 g/mol. The lowest BCUT2D eigenvalue weighted by atomic mass is 10.0. The van der Waals surface area contributed by atoms with Crippen LogP contribution in [-0.2, 0) is 14.3 Å². The van der Waals surface area contributed by atoms with E-state index in [9.17, 15) is 4.79 Å². The third kappa shape index (κ3) is 2.35. The summed E-state index contributed by atoms with van der Waals surface area (Å²) in [5.41, 5.74) is 0. The lowest BCUT2D eigenvalue weighted by Crippen LogP contribution is -2.32. The molecule has 0 aromatic heterocycles. The summed E-state index contributed by atoms with van der Waals surface area (Å²) in [7, 11) is 0. The Bertz CT molecular complexity index is 250. The summed E-state index contributed by atoms with van der Waals surface area (Å²) in [4.78, 5) is 11.1. The summed E-state index contributed by atoms with van der Waals surface area (Å²) in [5, 5.41) is -0.519. The summed E-state index contributed by atoms with van der Waals surface area (Å²) in [6.45, 7) is 9.09. The van der Waals surface area contributed by atoms with E-state index in [-0.39, 0.29) is 12.0 Å². The van der Waals surface area contributed by atoms with E-state index in [0.29, 0.717) is 0 Å². The number of carbonyl (C=O) groups is 1. The molecule has 0 bridgehead atoms. The van der Waals surface area contributed by atoms with Gasteiger partial charge in [-0.3, -0.25) is 4.79 Å². The molecule has 0 aromatic carbocycles. The number of halogens is 1. The molecule has 0 aliphatic carbocycles. The lowest BCUT2D eigenvalue weighted by Gasteiger charge is -2.19. The minimum absolute atomic E-state index is 0.0319. The zero-order valence-corrected chi connectivity index (χ0v) is 9.38. The topological polar surface area (TPSA) is 35.5 Å². The van der Waals surface area contributed by atoms with Crippen LogP contribution in [0.15, 0.2) is 12.7 Å². The highest BCUT2D eigenvalue weighted by atomic mass is 35.5. The quantitative estimate of drug-likeness (QED) is 0.538. The molecule has 1 rings (SSSR count). The second-order valence-electron chi connectivity index (χ2n) is 3.92. The first-order chi connectivity index (χ1) is 6.37. The van der Waals surface area contributed by atoms with Crippen molar-refractivity contribution in [1.29, 1.82) is 0 Å². The van der Waals surface area contributed by atoms with Gasteiger partial charge in [-0.25, -0.2) is 0 Å². The summed E-state index contributed by atoms with van der Waals surface area (Å²) in [5.74, 6) is -0.721. The summed E-state index contributed by atoms with van der Waals surface area (Å²) >= 11 is 5.43. The highest BCUT2D eigenvalue weighted by molar-refractivity contribution is 6.64. The smallest absolute Gasteiger partial charge is 0.253 e. The fraction of sp³-hybridized carbons (Fsp3) is 0.700. The molecule has 1 fully saturated rings. The van der Waals surface area contributed by atoms with Gasteiger partial charge in [-0.1, -0.05) is 13.0 Å². The van der Waals surface area contributed by atoms with E-state index in [2.05, 4.69) is 6.58 Å². The Labute approximate surface area is 89.0 Å². The van der Waals surface area contributed by atoms with Crippen LogP contribution in [0.3, 0.4) is 0 Å². The van der Waals surface area contributed by atoms with Gasteiger partial charge in [-0.05, 0) is 25.4 Å². The Kier molecular flexibility index (Phi) is 3.35. The Morgan fingerprint density at radius 3 is 2.57 bits per heavy atom. The average Bonchev–Trinajstić information content (AvgIpc) is 2.40. The maximum Gasteiger partial charge on any atom is 0.253 e. The maximum atomic E-state index is 11.1. The molecule has 0 aromatic rings. The van der Waals surface area contributed by atoms with Gasteiger partial charge in [0.1, 0.15) is 6.10 Å². The standard InChI is InChI=1S/C10H15ClO3/c1-5-6(2)7-8(9(11)12)14-10(3,4)13-7/h5-8H,1H2,2-4H3/t6-,7-,8+/m1/s1. The van der Waals surface area contributed by atoms with Crippen molar-refractivity contribution in [3.05, 3.63) is 12.7 Å². The Morgan fingerprint density at radius 2 is 2.14 bits per heavy atom. The third-order valence-corrected chi connectivity index (χ3v) is 2.46. The number of hydrogen-bond acceptors (Lipinski definition) is 3. The third-order valence-electron chi connectivity index (χ3n) is 2.24. The Balaban J connectivity index is 2.82. The normalized spacial score (nSPS) is 32.6. The van der Waals surface area contributed by atoms with Crippen molar-refractivity contribution in [1.82, 2.24) is 0 Å². The molecule has 80 valence electrons. The van der Waals surface area contributed by atoms with Crippen LogP contribution in [0.2, 0.25) is 0 Å². The predicted octanol–water partition coefficient (Wildman–Crippen LogP) is 2.09. The van der Waals surface area contributed by atoms with E-state index in [1.54, 1.807) is 19.9 Å². The fourth-order valence-corrected chi connectivity index (χ4v) is 1.65. The van der Waals surface area contributed by atoms with Crippen molar-refractivity contribution in [2.75, 3.05) is 0 Å². The van der Waals surface area contributed by atoms with Crippen LogP contribution in [0.4, 0.5) is 0 Å². The van der Waals surface area contributed by atoms with Gasteiger partial charge in [0.2, 0.25) is 0 Å². The minimum Gasteiger partial charge on any atom is -0.343 e. The van der Waals surface area contributed by atoms with E-state index in [0.717, 1.165) is 0 Å². The molecule has 0 amide bonds.